The van der Waals surface area contributed by atoms with Crippen molar-refractivity contribution < 1.29 is 14.7 Å². The summed E-state index contributed by atoms with van der Waals surface area (Å²) in [5, 5.41) is 13.9. The summed E-state index contributed by atoms with van der Waals surface area (Å²) < 4.78 is 7.41. The minimum atomic E-state index is -0.947. The minimum Gasteiger partial charge on any atom is -0.372 e. The van der Waals surface area contributed by atoms with Crippen LogP contribution < -0.4 is 4.84 Å². The van der Waals surface area contributed by atoms with E-state index in [4.69, 9.17) is 16.3 Å². The molecule has 0 fully saturated rings. The Bertz CT molecular complexity index is 647. The van der Waals surface area contributed by atoms with Gasteiger partial charge in [0.05, 0.1) is 6.54 Å². The molecule has 0 amide bonds. The van der Waals surface area contributed by atoms with Gasteiger partial charge in [-0.25, -0.2) is 9.52 Å². The number of nitrogens with zero attached hydrogens (tertiary/aromatic N) is 4. The Hall–Kier alpha value is -2.19. The maximum atomic E-state index is 10.3. The molecule has 0 aliphatic heterocycles. The number of rotatable bonds is 10. The first-order valence-electron chi connectivity index (χ1n) is 7.67. The Morgan fingerprint density at radius 2 is 2.08 bits per heavy atom. The van der Waals surface area contributed by atoms with Gasteiger partial charge in [0.25, 0.3) is 0 Å². The van der Waals surface area contributed by atoms with Gasteiger partial charge in [0.2, 0.25) is 0 Å². The van der Waals surface area contributed by atoms with Crippen LogP contribution in [0.5, 0.6) is 6.01 Å². The van der Waals surface area contributed by atoms with E-state index in [2.05, 4.69) is 21.8 Å². The summed E-state index contributed by atoms with van der Waals surface area (Å²) >= 11 is 5.93. The normalized spacial score (nSPS) is 12.1. The van der Waals surface area contributed by atoms with Gasteiger partial charge >= 0.3 is 11.1 Å². The fourth-order valence-corrected chi connectivity index (χ4v) is 2.28. The Kier molecular flexibility index (Phi) is 6.95. The molecule has 2 aromatic rings. The Labute approximate surface area is 144 Å². The third-order valence-corrected chi connectivity index (χ3v) is 3.59. The molecule has 0 saturated carbocycles. The topological polar surface area (TPSA) is 92.3 Å². The molecule has 130 valence electrons. The van der Waals surface area contributed by atoms with Crippen LogP contribution in [0.15, 0.2) is 30.6 Å². The van der Waals surface area contributed by atoms with Gasteiger partial charge in [-0.1, -0.05) is 43.5 Å². The molecule has 0 bridgehead atoms. The average molecular weight is 355 g/mol. The molecular formula is C15H19ClN4O4. The second kappa shape index (κ2) is 9.19. The molecule has 0 radical (unpaired) electrons. The van der Waals surface area contributed by atoms with Gasteiger partial charge in [-0.05, 0) is 24.1 Å². The van der Waals surface area contributed by atoms with E-state index in [1.165, 1.54) is 11.0 Å². The van der Waals surface area contributed by atoms with E-state index >= 15 is 0 Å². The molecule has 0 aliphatic rings. The third-order valence-electron chi connectivity index (χ3n) is 3.33. The number of halogens is 1. The van der Waals surface area contributed by atoms with E-state index in [0.29, 0.717) is 18.2 Å². The zero-order valence-electron chi connectivity index (χ0n) is 13.3. The molecular weight excluding hydrogens is 336 g/mol. The Morgan fingerprint density at radius 1 is 1.33 bits per heavy atom. The highest BCUT2D eigenvalue weighted by atomic mass is 35.5. The molecule has 0 spiro atoms. The zero-order valence-corrected chi connectivity index (χ0v) is 14.1. The molecule has 24 heavy (non-hydrogen) atoms. The SMILES string of the molecule is CCCCCOC(Cn1cnc(O[N+](=O)[O-])n1)c1ccc(Cl)cc1. The monoisotopic (exact) mass is 354 g/mol. The molecule has 0 saturated heterocycles. The maximum Gasteiger partial charge on any atom is 0.327 e. The highest BCUT2D eigenvalue weighted by molar-refractivity contribution is 6.30. The Morgan fingerprint density at radius 3 is 2.75 bits per heavy atom. The van der Waals surface area contributed by atoms with Gasteiger partial charge in [0.15, 0.2) is 0 Å². The predicted octanol–water partition coefficient (Wildman–Crippen LogP) is 3.45. The van der Waals surface area contributed by atoms with Crippen molar-refractivity contribution in [3.8, 4) is 6.01 Å². The summed E-state index contributed by atoms with van der Waals surface area (Å²) in [7, 11) is 0. The summed E-state index contributed by atoms with van der Waals surface area (Å²) in [5.41, 5.74) is 0.947. The van der Waals surface area contributed by atoms with Gasteiger partial charge in [-0.15, -0.1) is 15.2 Å². The van der Waals surface area contributed by atoms with Gasteiger partial charge < -0.3 is 4.74 Å². The van der Waals surface area contributed by atoms with Crippen LogP contribution in [0.25, 0.3) is 0 Å². The molecule has 1 aromatic carbocycles. The summed E-state index contributed by atoms with van der Waals surface area (Å²) in [6, 6.07) is 7.06. The Balaban J connectivity index is 2.05. The summed E-state index contributed by atoms with van der Waals surface area (Å²) in [5.74, 6) is 0. The standard InChI is InChI=1S/C15H19ClN4O4/c1-2-3-4-9-23-14(12-5-7-13(16)8-6-12)10-19-11-17-15(18-19)24-20(21)22/h5-8,11,14H,2-4,9-10H2,1H3. The molecule has 1 atom stereocenters. The van der Waals surface area contributed by atoms with Crippen molar-refractivity contribution in [2.24, 2.45) is 0 Å². The van der Waals surface area contributed by atoms with Crippen LogP contribution in [0.2, 0.25) is 5.02 Å². The van der Waals surface area contributed by atoms with Crippen molar-refractivity contribution in [3.05, 3.63) is 51.3 Å². The van der Waals surface area contributed by atoms with Crippen molar-refractivity contribution in [1.29, 1.82) is 0 Å². The number of hydrogen-bond acceptors (Lipinski definition) is 6. The molecule has 1 heterocycles. The van der Waals surface area contributed by atoms with Crippen LogP contribution in [0.4, 0.5) is 0 Å². The van der Waals surface area contributed by atoms with Gasteiger partial charge in [-0.3, -0.25) is 0 Å². The second-order valence-corrected chi connectivity index (χ2v) is 5.62. The van der Waals surface area contributed by atoms with Gasteiger partial charge in [-0.2, -0.15) is 4.98 Å². The number of ether oxygens (including phenoxy) is 1. The summed E-state index contributed by atoms with van der Waals surface area (Å²) in [4.78, 5) is 18.3. The van der Waals surface area contributed by atoms with Crippen LogP contribution in [0.3, 0.4) is 0 Å². The number of benzene rings is 1. The fourth-order valence-electron chi connectivity index (χ4n) is 2.15. The molecule has 0 N–H and O–H groups in total. The quantitative estimate of drug-likeness (QED) is 0.368. The number of unbranched alkanes of at least 4 members (excludes halogenated alkanes) is 2. The highest BCUT2D eigenvalue weighted by Gasteiger charge is 2.15. The van der Waals surface area contributed by atoms with E-state index in [0.717, 1.165) is 24.8 Å². The van der Waals surface area contributed by atoms with Crippen LogP contribution in [-0.4, -0.2) is 26.5 Å². The van der Waals surface area contributed by atoms with Crippen LogP contribution in [-0.2, 0) is 11.3 Å². The molecule has 9 heteroatoms. The van der Waals surface area contributed by atoms with Crippen LogP contribution in [0.1, 0.15) is 37.9 Å². The van der Waals surface area contributed by atoms with E-state index in [-0.39, 0.29) is 12.1 Å². The molecule has 2 rings (SSSR count). The smallest absolute Gasteiger partial charge is 0.327 e. The number of hydrogen-bond donors (Lipinski definition) is 0. The van der Waals surface area contributed by atoms with Crippen molar-refractivity contribution in [1.82, 2.24) is 14.8 Å². The molecule has 0 aliphatic carbocycles. The summed E-state index contributed by atoms with van der Waals surface area (Å²) in [6.07, 6.45) is 4.28. The molecule has 1 aromatic heterocycles. The first kappa shape index (κ1) is 18.2. The van der Waals surface area contributed by atoms with E-state index < -0.39 is 5.09 Å². The minimum absolute atomic E-state index is 0.260. The fraction of sp³-hybridized carbons (Fsp3) is 0.467. The lowest BCUT2D eigenvalue weighted by molar-refractivity contribution is -0.713. The maximum absolute atomic E-state index is 10.3. The van der Waals surface area contributed by atoms with Crippen molar-refractivity contribution in [3.63, 3.8) is 0 Å². The second-order valence-electron chi connectivity index (χ2n) is 5.18. The first-order valence-corrected chi connectivity index (χ1v) is 8.05. The lowest BCUT2D eigenvalue weighted by atomic mass is 10.1. The van der Waals surface area contributed by atoms with Crippen LogP contribution in [0, 0.1) is 10.1 Å². The third kappa shape index (κ3) is 5.78. The number of aromatic nitrogens is 3. The molecule has 8 nitrogen and oxygen atoms in total. The van der Waals surface area contributed by atoms with Gasteiger partial charge in [0, 0.05) is 11.6 Å². The van der Waals surface area contributed by atoms with Crippen molar-refractivity contribution in [2.45, 2.75) is 38.8 Å². The first-order chi connectivity index (χ1) is 11.6. The average Bonchev–Trinajstić information content (AvgIpc) is 2.97. The predicted molar refractivity (Wildman–Crippen MR) is 87.3 cm³/mol. The van der Waals surface area contributed by atoms with E-state index in [1.807, 2.05) is 12.1 Å². The van der Waals surface area contributed by atoms with Crippen molar-refractivity contribution in [2.75, 3.05) is 6.61 Å². The lowest BCUT2D eigenvalue weighted by Crippen LogP contribution is -2.14. The van der Waals surface area contributed by atoms with Crippen LogP contribution >= 0.6 is 11.6 Å². The highest BCUT2D eigenvalue weighted by Crippen LogP contribution is 2.22. The molecule has 1 unspecified atom stereocenters. The largest absolute Gasteiger partial charge is 0.372 e. The lowest BCUT2D eigenvalue weighted by Gasteiger charge is -2.18. The van der Waals surface area contributed by atoms with Crippen molar-refractivity contribution >= 4 is 11.6 Å². The summed E-state index contributed by atoms with van der Waals surface area (Å²) in [6.45, 7) is 3.11. The van der Waals surface area contributed by atoms with E-state index in [1.54, 1.807) is 12.1 Å². The van der Waals surface area contributed by atoms with Gasteiger partial charge in [0.1, 0.15) is 12.4 Å². The zero-order chi connectivity index (χ0) is 17.4. The van der Waals surface area contributed by atoms with E-state index in [9.17, 15) is 10.1 Å².